The van der Waals surface area contributed by atoms with Crippen molar-refractivity contribution >= 4 is 55.1 Å². The zero-order valence-corrected chi connectivity index (χ0v) is 22.7. The molecule has 1 aliphatic heterocycles. The van der Waals surface area contributed by atoms with E-state index in [0.717, 1.165) is 59.3 Å². The quantitative estimate of drug-likeness (QED) is 0.329. The normalized spacial score (nSPS) is 15.2. The van der Waals surface area contributed by atoms with Crippen molar-refractivity contribution in [2.45, 2.75) is 17.4 Å². The van der Waals surface area contributed by atoms with E-state index in [1.165, 1.54) is 12.1 Å². The van der Waals surface area contributed by atoms with E-state index in [2.05, 4.69) is 30.9 Å². The highest BCUT2D eigenvalue weighted by Crippen LogP contribution is 2.23. The molecule has 1 heterocycles. The summed E-state index contributed by atoms with van der Waals surface area (Å²) >= 11 is 3.26. The number of carboxylic acids is 1. The van der Waals surface area contributed by atoms with Crippen LogP contribution < -0.4 is 14.8 Å². The molecule has 0 radical (unpaired) electrons. The SMILES string of the molecule is Cl.O=C(O)C(Cc1ccc2cc(OCCN3CCNCC3)ccc2c1)NS(=O)(=O)c1ccc(Br)cc1. The lowest BCUT2D eigenvalue weighted by Crippen LogP contribution is -2.44. The van der Waals surface area contributed by atoms with Gasteiger partial charge in [-0.2, -0.15) is 4.72 Å². The fourth-order valence-corrected chi connectivity index (χ4v) is 5.46. The van der Waals surface area contributed by atoms with Crippen molar-refractivity contribution < 1.29 is 23.1 Å². The van der Waals surface area contributed by atoms with Gasteiger partial charge in [-0.05, 0) is 59.2 Å². The van der Waals surface area contributed by atoms with Gasteiger partial charge in [0, 0.05) is 37.2 Å². The average molecular weight is 599 g/mol. The molecule has 0 saturated carbocycles. The van der Waals surface area contributed by atoms with Gasteiger partial charge < -0.3 is 15.2 Å². The molecule has 0 spiro atoms. The van der Waals surface area contributed by atoms with Crippen LogP contribution in [0.15, 0.2) is 70.0 Å². The highest BCUT2D eigenvalue weighted by molar-refractivity contribution is 9.10. The first-order valence-electron chi connectivity index (χ1n) is 11.4. The number of carboxylic acid groups (broad SMARTS) is 1. The maximum absolute atomic E-state index is 12.7. The van der Waals surface area contributed by atoms with Crippen molar-refractivity contribution in [2.75, 3.05) is 39.3 Å². The highest BCUT2D eigenvalue weighted by atomic mass is 79.9. The first-order valence-corrected chi connectivity index (χ1v) is 13.7. The van der Waals surface area contributed by atoms with Crippen molar-refractivity contribution in [1.29, 1.82) is 0 Å². The van der Waals surface area contributed by atoms with Gasteiger partial charge >= 0.3 is 5.97 Å². The Hall–Kier alpha value is -2.21. The topological polar surface area (TPSA) is 108 Å². The lowest BCUT2D eigenvalue weighted by atomic mass is 10.0. The maximum atomic E-state index is 12.7. The van der Waals surface area contributed by atoms with Gasteiger partial charge in [-0.1, -0.05) is 40.2 Å². The second kappa shape index (κ2) is 12.8. The van der Waals surface area contributed by atoms with E-state index in [1.807, 2.05) is 36.4 Å². The van der Waals surface area contributed by atoms with E-state index in [1.54, 1.807) is 12.1 Å². The number of carbonyl (C=O) groups is 1. The van der Waals surface area contributed by atoms with Crippen molar-refractivity contribution in [3.8, 4) is 5.75 Å². The van der Waals surface area contributed by atoms with E-state index < -0.39 is 22.0 Å². The number of benzene rings is 3. The maximum Gasteiger partial charge on any atom is 0.322 e. The smallest absolute Gasteiger partial charge is 0.322 e. The Morgan fingerprint density at radius 2 is 1.72 bits per heavy atom. The molecule has 3 aromatic carbocycles. The van der Waals surface area contributed by atoms with Crippen LogP contribution in [0.4, 0.5) is 0 Å². The molecule has 3 N–H and O–H groups in total. The predicted molar refractivity (Wildman–Crippen MR) is 146 cm³/mol. The number of piperazine rings is 1. The van der Waals surface area contributed by atoms with Gasteiger partial charge in [0.25, 0.3) is 0 Å². The molecule has 0 amide bonds. The van der Waals surface area contributed by atoms with E-state index in [-0.39, 0.29) is 23.7 Å². The minimum atomic E-state index is -3.98. The second-order valence-corrected chi connectivity index (χ2v) is 11.1. The number of ether oxygens (including phenoxy) is 1. The van der Waals surface area contributed by atoms with Crippen molar-refractivity contribution in [3.63, 3.8) is 0 Å². The van der Waals surface area contributed by atoms with Crippen LogP contribution in [0.5, 0.6) is 5.75 Å². The fraction of sp³-hybridized carbons (Fsp3) is 0.320. The number of hydrogen-bond acceptors (Lipinski definition) is 6. The number of aliphatic carboxylic acids is 1. The summed E-state index contributed by atoms with van der Waals surface area (Å²) in [5.41, 5.74) is 0.718. The van der Waals surface area contributed by atoms with Gasteiger partial charge in [0.15, 0.2) is 0 Å². The van der Waals surface area contributed by atoms with Crippen LogP contribution >= 0.6 is 28.3 Å². The molecule has 8 nitrogen and oxygen atoms in total. The Morgan fingerprint density at radius 3 is 2.42 bits per heavy atom. The molecule has 11 heteroatoms. The van der Waals surface area contributed by atoms with Crippen LogP contribution in [0.2, 0.25) is 0 Å². The Bertz CT molecular complexity index is 1280. The van der Waals surface area contributed by atoms with Crippen molar-refractivity contribution in [3.05, 3.63) is 70.7 Å². The minimum absolute atomic E-state index is 0. The molecule has 1 unspecified atom stereocenters. The van der Waals surface area contributed by atoms with Crippen LogP contribution in [0.3, 0.4) is 0 Å². The van der Waals surface area contributed by atoms with Crippen LogP contribution in [0.1, 0.15) is 5.56 Å². The van der Waals surface area contributed by atoms with E-state index >= 15 is 0 Å². The van der Waals surface area contributed by atoms with E-state index in [0.29, 0.717) is 6.61 Å². The Kier molecular flexibility index (Phi) is 10.1. The molecule has 4 rings (SSSR count). The number of nitrogens with one attached hydrogen (secondary N) is 2. The van der Waals surface area contributed by atoms with Crippen molar-refractivity contribution in [1.82, 2.24) is 14.9 Å². The van der Waals surface area contributed by atoms with Gasteiger partial charge in [0.05, 0.1) is 4.90 Å². The van der Waals surface area contributed by atoms with Crippen LogP contribution in [-0.2, 0) is 21.2 Å². The number of sulfonamides is 1. The summed E-state index contributed by atoms with van der Waals surface area (Å²) < 4.78 is 34.3. The second-order valence-electron chi connectivity index (χ2n) is 8.45. The summed E-state index contributed by atoms with van der Waals surface area (Å²) in [5.74, 6) is -0.454. The summed E-state index contributed by atoms with van der Waals surface area (Å²) in [6.45, 7) is 5.56. The standard InChI is InChI=1S/C25H28BrN3O5S.ClH/c26-21-4-7-23(8-5-21)35(32,33)28-24(25(30)31)16-18-1-2-20-17-22(6-3-19(20)15-18)34-14-13-29-11-9-27-10-12-29;/h1-8,15,17,24,27-28H,9-14,16H2,(H,30,31);1H. The number of fused-ring (bicyclic) bond motifs is 1. The molecular formula is C25H29BrClN3O5S. The molecule has 1 atom stereocenters. The van der Waals surface area contributed by atoms with Crippen LogP contribution in [0, 0.1) is 0 Å². The van der Waals surface area contributed by atoms with E-state index in [9.17, 15) is 18.3 Å². The number of nitrogens with zero attached hydrogens (tertiary/aromatic N) is 1. The Balaban J connectivity index is 0.00000361. The molecule has 3 aromatic rings. The largest absolute Gasteiger partial charge is 0.492 e. The minimum Gasteiger partial charge on any atom is -0.492 e. The molecule has 0 aromatic heterocycles. The van der Waals surface area contributed by atoms with Gasteiger partial charge in [-0.15, -0.1) is 12.4 Å². The van der Waals surface area contributed by atoms with Crippen LogP contribution in [-0.4, -0.2) is 69.8 Å². The lowest BCUT2D eigenvalue weighted by molar-refractivity contribution is -0.138. The van der Waals surface area contributed by atoms with Gasteiger partial charge in [-0.25, -0.2) is 8.42 Å². The third-order valence-corrected chi connectivity index (χ3v) is 7.94. The molecule has 1 aliphatic rings. The Morgan fingerprint density at radius 1 is 1.06 bits per heavy atom. The van der Waals surface area contributed by atoms with Crippen LogP contribution in [0.25, 0.3) is 10.8 Å². The monoisotopic (exact) mass is 597 g/mol. The number of rotatable bonds is 10. The van der Waals surface area contributed by atoms with Crippen molar-refractivity contribution in [2.24, 2.45) is 0 Å². The third-order valence-electron chi connectivity index (χ3n) is 5.92. The number of hydrogen-bond donors (Lipinski definition) is 3. The molecule has 0 bridgehead atoms. The summed E-state index contributed by atoms with van der Waals surface area (Å²) in [4.78, 5) is 14.2. The molecule has 1 saturated heterocycles. The molecule has 1 fully saturated rings. The summed E-state index contributed by atoms with van der Waals surface area (Å²) in [5, 5.41) is 14.9. The molecular weight excluding hydrogens is 570 g/mol. The van der Waals surface area contributed by atoms with E-state index in [4.69, 9.17) is 4.74 Å². The lowest BCUT2D eigenvalue weighted by Gasteiger charge is -2.26. The molecule has 0 aliphatic carbocycles. The highest BCUT2D eigenvalue weighted by Gasteiger charge is 2.25. The predicted octanol–water partition coefficient (Wildman–Crippen LogP) is 3.28. The van der Waals surface area contributed by atoms with Gasteiger partial charge in [0.2, 0.25) is 10.0 Å². The average Bonchev–Trinajstić information content (AvgIpc) is 2.84. The third kappa shape index (κ3) is 7.64. The molecule has 36 heavy (non-hydrogen) atoms. The van der Waals surface area contributed by atoms with Gasteiger partial charge in [0.1, 0.15) is 18.4 Å². The zero-order valence-electron chi connectivity index (χ0n) is 19.5. The van der Waals surface area contributed by atoms with Gasteiger partial charge in [-0.3, -0.25) is 9.69 Å². The fourth-order valence-electron chi connectivity index (χ4n) is 4.00. The summed E-state index contributed by atoms with van der Waals surface area (Å²) in [6.07, 6.45) is 0.0178. The first-order chi connectivity index (χ1) is 16.8. The molecule has 194 valence electrons. The first kappa shape index (κ1) is 28.4. The Labute approximate surface area is 225 Å². The summed E-state index contributed by atoms with van der Waals surface area (Å²) in [6, 6.07) is 16.1. The number of halogens is 2. The zero-order chi connectivity index (χ0) is 24.8. The summed E-state index contributed by atoms with van der Waals surface area (Å²) in [7, 11) is -3.98.